The average Bonchev–Trinajstić information content (AvgIpc) is 3.16. The smallest absolute Gasteiger partial charge is 0.416 e. The molecule has 6 rings (SSSR count). The van der Waals surface area contributed by atoms with Gasteiger partial charge in [0.2, 0.25) is 12.7 Å². The number of nitrogens with one attached hydrogen (secondary N) is 1. The van der Waals surface area contributed by atoms with Crippen LogP contribution in [-0.2, 0) is 16.4 Å². The van der Waals surface area contributed by atoms with Crippen molar-refractivity contribution in [2.45, 2.75) is 43.0 Å². The van der Waals surface area contributed by atoms with Crippen molar-refractivity contribution >= 4 is 22.4 Å². The molecule has 0 radical (unpaired) electrons. The summed E-state index contributed by atoms with van der Waals surface area (Å²) in [7, 11) is 0. The highest BCUT2D eigenvalue weighted by Crippen LogP contribution is 2.51. The second kappa shape index (κ2) is 9.00. The standard InChI is InChI=1S/C26H24F3N3O4S/c27-26(28,29)18-4-2-1-3-17(18)22(32-10-7-16(33)13-32)21-12-30-24(37-21)31-23(34)25(8-9-25)15-5-6-19-20(11-15)36-14-35-19/h1-6,11-12,16,22,33H,7-10,13-14H2,(H,30,31,34)/t16-,22?/m1/s1. The Labute approximate surface area is 214 Å². The van der Waals surface area contributed by atoms with Crippen molar-refractivity contribution in [3.8, 4) is 11.5 Å². The number of rotatable bonds is 6. The number of nitrogens with zero attached hydrogens (tertiary/aromatic N) is 2. The SMILES string of the molecule is O=C(Nc1ncc(C(c2ccccc2C(F)(F)F)N2CC[C@@H](O)C2)s1)C1(c2ccc3c(c2)OCO3)CC1. The van der Waals surface area contributed by atoms with E-state index in [1.165, 1.54) is 18.3 Å². The van der Waals surface area contributed by atoms with Gasteiger partial charge < -0.3 is 19.9 Å². The summed E-state index contributed by atoms with van der Waals surface area (Å²) in [6.07, 6.45) is -1.80. The Balaban J connectivity index is 1.28. The van der Waals surface area contributed by atoms with E-state index in [0.717, 1.165) is 23.0 Å². The number of thiazole rings is 1. The number of aliphatic hydroxyl groups excluding tert-OH is 1. The van der Waals surface area contributed by atoms with E-state index in [9.17, 15) is 23.1 Å². The first-order chi connectivity index (χ1) is 17.7. The van der Waals surface area contributed by atoms with Crippen LogP contribution < -0.4 is 14.8 Å². The number of carbonyl (C=O) groups is 1. The number of ether oxygens (including phenoxy) is 2. The molecule has 1 saturated carbocycles. The minimum Gasteiger partial charge on any atom is -0.454 e. The van der Waals surface area contributed by atoms with Crippen molar-refractivity contribution in [2.24, 2.45) is 0 Å². The molecule has 2 aliphatic heterocycles. The van der Waals surface area contributed by atoms with Crippen LogP contribution in [0.4, 0.5) is 18.3 Å². The third kappa shape index (κ3) is 4.45. The van der Waals surface area contributed by atoms with E-state index in [1.807, 2.05) is 17.0 Å². The maximum Gasteiger partial charge on any atom is 0.416 e. The summed E-state index contributed by atoms with van der Waals surface area (Å²) in [5, 5.41) is 13.3. The molecular weight excluding hydrogens is 507 g/mol. The summed E-state index contributed by atoms with van der Waals surface area (Å²) in [6, 6.07) is 10.2. The molecule has 7 nitrogen and oxygen atoms in total. The van der Waals surface area contributed by atoms with Gasteiger partial charge in [0, 0.05) is 24.2 Å². The molecule has 2 atom stereocenters. The molecule has 2 aromatic carbocycles. The average molecular weight is 532 g/mol. The molecule has 1 saturated heterocycles. The summed E-state index contributed by atoms with van der Waals surface area (Å²) in [6.45, 7) is 0.848. The number of likely N-dealkylation sites (tertiary alicyclic amines) is 1. The Morgan fingerprint density at radius 1 is 1.19 bits per heavy atom. The largest absolute Gasteiger partial charge is 0.454 e. The molecule has 3 heterocycles. The van der Waals surface area contributed by atoms with Crippen LogP contribution in [0.15, 0.2) is 48.7 Å². The molecule has 2 N–H and O–H groups in total. The maximum atomic E-state index is 13.9. The normalized spacial score (nSPS) is 21.1. The fraction of sp³-hybridized carbons (Fsp3) is 0.385. The van der Waals surface area contributed by atoms with Gasteiger partial charge in [-0.1, -0.05) is 35.6 Å². The molecule has 37 heavy (non-hydrogen) atoms. The van der Waals surface area contributed by atoms with Gasteiger partial charge in [-0.2, -0.15) is 13.2 Å². The third-order valence-electron chi connectivity index (χ3n) is 7.24. The molecule has 3 aliphatic rings. The molecule has 1 amide bonds. The van der Waals surface area contributed by atoms with Crippen LogP contribution in [0.2, 0.25) is 0 Å². The lowest BCUT2D eigenvalue weighted by Gasteiger charge is -2.29. The highest BCUT2D eigenvalue weighted by Gasteiger charge is 2.52. The van der Waals surface area contributed by atoms with E-state index < -0.39 is 29.3 Å². The second-order valence-electron chi connectivity index (χ2n) is 9.60. The van der Waals surface area contributed by atoms with Gasteiger partial charge in [-0.05, 0) is 48.6 Å². The van der Waals surface area contributed by atoms with Crippen LogP contribution in [0.25, 0.3) is 0 Å². The number of fused-ring (bicyclic) bond motifs is 1. The number of hydrogen-bond donors (Lipinski definition) is 2. The van der Waals surface area contributed by atoms with Crippen molar-refractivity contribution in [2.75, 3.05) is 25.2 Å². The molecule has 1 unspecified atom stereocenters. The highest BCUT2D eigenvalue weighted by atomic mass is 32.1. The summed E-state index contributed by atoms with van der Waals surface area (Å²) < 4.78 is 52.5. The Morgan fingerprint density at radius 2 is 1.97 bits per heavy atom. The zero-order valence-electron chi connectivity index (χ0n) is 19.6. The highest BCUT2D eigenvalue weighted by molar-refractivity contribution is 7.15. The van der Waals surface area contributed by atoms with E-state index >= 15 is 0 Å². The van der Waals surface area contributed by atoms with Crippen molar-refractivity contribution < 1.29 is 32.5 Å². The first-order valence-electron chi connectivity index (χ1n) is 12.0. The number of halogens is 3. The number of carbonyl (C=O) groups excluding carboxylic acids is 1. The van der Waals surface area contributed by atoms with E-state index in [1.54, 1.807) is 12.1 Å². The van der Waals surface area contributed by atoms with Crippen LogP contribution in [-0.4, -0.2) is 46.9 Å². The van der Waals surface area contributed by atoms with Gasteiger partial charge in [-0.15, -0.1) is 0 Å². The fourth-order valence-electron chi connectivity index (χ4n) is 5.18. The van der Waals surface area contributed by atoms with Crippen LogP contribution in [0.3, 0.4) is 0 Å². The maximum absolute atomic E-state index is 13.9. The minimum atomic E-state index is -4.53. The van der Waals surface area contributed by atoms with Crippen LogP contribution in [0, 0.1) is 0 Å². The van der Waals surface area contributed by atoms with E-state index in [-0.39, 0.29) is 24.8 Å². The monoisotopic (exact) mass is 531 g/mol. The molecule has 2 fully saturated rings. The van der Waals surface area contributed by atoms with Gasteiger partial charge in [-0.3, -0.25) is 9.69 Å². The molecule has 194 valence electrons. The number of anilines is 1. The van der Waals surface area contributed by atoms with E-state index in [2.05, 4.69) is 10.3 Å². The molecule has 1 aliphatic carbocycles. The van der Waals surface area contributed by atoms with Crippen molar-refractivity contribution in [3.05, 3.63) is 70.2 Å². The van der Waals surface area contributed by atoms with Gasteiger partial charge in [0.05, 0.1) is 23.1 Å². The number of aromatic nitrogens is 1. The molecule has 3 aromatic rings. The van der Waals surface area contributed by atoms with Crippen molar-refractivity contribution in [1.82, 2.24) is 9.88 Å². The number of aliphatic hydroxyl groups is 1. The number of benzene rings is 2. The topological polar surface area (TPSA) is 83.9 Å². The summed E-state index contributed by atoms with van der Waals surface area (Å²) in [4.78, 5) is 20.1. The first-order valence-corrected chi connectivity index (χ1v) is 12.8. The number of amides is 1. The Morgan fingerprint density at radius 3 is 2.70 bits per heavy atom. The lowest BCUT2D eigenvalue weighted by atomic mass is 9.94. The fourth-order valence-corrected chi connectivity index (χ4v) is 6.15. The Kier molecular flexibility index (Phi) is 5.89. The second-order valence-corrected chi connectivity index (χ2v) is 10.7. The lowest BCUT2D eigenvalue weighted by Crippen LogP contribution is -2.29. The molecule has 11 heteroatoms. The zero-order chi connectivity index (χ0) is 25.8. The van der Waals surface area contributed by atoms with Gasteiger partial charge in [-0.25, -0.2) is 4.98 Å². The van der Waals surface area contributed by atoms with E-state index in [0.29, 0.717) is 47.3 Å². The number of β-amino-alcohol motifs (C(OH)–C–C–N with tert-alkyl or cyclic N) is 1. The number of alkyl halides is 3. The lowest BCUT2D eigenvalue weighted by molar-refractivity contribution is -0.138. The molecule has 0 bridgehead atoms. The minimum absolute atomic E-state index is 0.102. The van der Waals surface area contributed by atoms with Gasteiger partial charge in [0.1, 0.15) is 0 Å². The van der Waals surface area contributed by atoms with Crippen molar-refractivity contribution in [3.63, 3.8) is 0 Å². The summed E-state index contributed by atoms with van der Waals surface area (Å²) in [5.74, 6) is 1.03. The Hall–Kier alpha value is -3.15. The van der Waals surface area contributed by atoms with Crippen LogP contribution >= 0.6 is 11.3 Å². The van der Waals surface area contributed by atoms with Gasteiger partial charge >= 0.3 is 6.18 Å². The van der Waals surface area contributed by atoms with Crippen molar-refractivity contribution in [1.29, 1.82) is 0 Å². The summed E-state index contributed by atoms with van der Waals surface area (Å²) >= 11 is 1.15. The quantitative estimate of drug-likeness (QED) is 0.479. The van der Waals surface area contributed by atoms with Gasteiger partial charge in [0.15, 0.2) is 16.6 Å². The molecular formula is C26H24F3N3O4S. The first kappa shape index (κ1) is 24.2. The molecule has 0 spiro atoms. The van der Waals surface area contributed by atoms with Gasteiger partial charge in [0.25, 0.3) is 0 Å². The predicted molar refractivity (Wildman–Crippen MR) is 130 cm³/mol. The third-order valence-corrected chi connectivity index (χ3v) is 8.21. The van der Waals surface area contributed by atoms with Crippen LogP contribution in [0.5, 0.6) is 11.5 Å². The zero-order valence-corrected chi connectivity index (χ0v) is 20.4. The van der Waals surface area contributed by atoms with E-state index in [4.69, 9.17) is 9.47 Å². The number of hydrogen-bond acceptors (Lipinski definition) is 7. The van der Waals surface area contributed by atoms with Crippen LogP contribution in [0.1, 0.15) is 46.9 Å². The molecule has 1 aromatic heterocycles. The Bertz CT molecular complexity index is 1340. The predicted octanol–water partition coefficient (Wildman–Crippen LogP) is 4.72. The summed E-state index contributed by atoms with van der Waals surface area (Å²) in [5.41, 5.74) is -0.493.